The van der Waals surface area contributed by atoms with E-state index in [2.05, 4.69) is 4.74 Å². The van der Waals surface area contributed by atoms with Crippen LogP contribution in [0.2, 0.25) is 0 Å². The van der Waals surface area contributed by atoms with Gasteiger partial charge in [-0.2, -0.15) is 14.0 Å². The number of nitrogens with zero attached hydrogens (tertiary/aromatic N) is 1. The normalized spacial score (nSPS) is 18.7. The Morgan fingerprint density at radius 2 is 1.68 bits per heavy atom. The molecule has 0 amide bonds. The maximum absolute atomic E-state index is 14.5. The van der Waals surface area contributed by atoms with Crippen LogP contribution in [0.1, 0.15) is 55.2 Å². The van der Waals surface area contributed by atoms with Gasteiger partial charge in [-0.15, -0.1) is 0 Å². The Bertz CT molecular complexity index is 1030. The summed E-state index contributed by atoms with van der Waals surface area (Å²) < 4.78 is 88.3. The molecule has 0 radical (unpaired) electrons. The predicted octanol–water partition coefficient (Wildman–Crippen LogP) is 7.76. The number of rotatable bonds is 9. The molecule has 0 aliphatic heterocycles. The van der Waals surface area contributed by atoms with Gasteiger partial charge in [0.15, 0.2) is 0 Å². The van der Waals surface area contributed by atoms with Crippen LogP contribution in [0.4, 0.5) is 26.3 Å². The van der Waals surface area contributed by atoms with Crippen molar-refractivity contribution in [2.24, 2.45) is 11.8 Å². The van der Waals surface area contributed by atoms with Crippen LogP contribution in [-0.4, -0.2) is 6.67 Å². The van der Waals surface area contributed by atoms with Crippen molar-refractivity contribution in [3.8, 4) is 11.8 Å². The van der Waals surface area contributed by atoms with Crippen molar-refractivity contribution < 1.29 is 31.1 Å². The summed E-state index contributed by atoms with van der Waals surface area (Å²) in [7, 11) is 0. The predicted molar refractivity (Wildman–Crippen MR) is 115 cm³/mol. The number of allylic oxidation sites excluding steroid dienone is 2. The van der Waals surface area contributed by atoms with Crippen LogP contribution in [0.15, 0.2) is 42.5 Å². The molecule has 8 heteroatoms. The second kappa shape index (κ2) is 11.5. The van der Waals surface area contributed by atoms with Crippen molar-refractivity contribution >= 4 is 0 Å². The van der Waals surface area contributed by atoms with E-state index in [0.717, 1.165) is 49.9 Å². The van der Waals surface area contributed by atoms with Crippen LogP contribution in [0.3, 0.4) is 0 Å². The van der Waals surface area contributed by atoms with Gasteiger partial charge in [-0.3, -0.25) is 4.39 Å². The zero-order chi connectivity index (χ0) is 24.7. The highest BCUT2D eigenvalue weighted by Crippen LogP contribution is 2.37. The highest BCUT2D eigenvalue weighted by molar-refractivity contribution is 5.37. The first-order chi connectivity index (χ1) is 16.2. The smallest absolute Gasteiger partial charge is 0.429 e. The first-order valence-electron chi connectivity index (χ1n) is 11.2. The lowest BCUT2D eigenvalue weighted by Gasteiger charge is -2.27. The second-order valence-electron chi connectivity index (χ2n) is 8.53. The Morgan fingerprint density at radius 3 is 2.26 bits per heavy atom. The molecule has 0 bridgehead atoms. The van der Waals surface area contributed by atoms with E-state index in [1.807, 2.05) is 12.2 Å². The fourth-order valence-corrected chi connectivity index (χ4v) is 4.29. The average Bonchev–Trinajstić information content (AvgIpc) is 2.78. The third-order valence-electron chi connectivity index (χ3n) is 6.12. The van der Waals surface area contributed by atoms with E-state index in [1.54, 1.807) is 0 Å². The maximum atomic E-state index is 14.5. The van der Waals surface area contributed by atoms with Crippen molar-refractivity contribution in [2.45, 2.75) is 51.1 Å². The first kappa shape index (κ1) is 25.7. The third-order valence-corrected chi connectivity index (χ3v) is 6.12. The lowest BCUT2D eigenvalue weighted by atomic mass is 9.79. The summed E-state index contributed by atoms with van der Waals surface area (Å²) in [4.78, 5) is 0. The third kappa shape index (κ3) is 6.55. The van der Waals surface area contributed by atoms with Gasteiger partial charge < -0.3 is 4.74 Å². The molecular formula is C26H25F6NO. The monoisotopic (exact) mass is 481 g/mol. The number of ether oxygens (including phenoxy) is 1. The van der Waals surface area contributed by atoms with Crippen molar-refractivity contribution in [1.29, 1.82) is 5.26 Å². The molecule has 0 unspecified atom stereocenters. The van der Waals surface area contributed by atoms with Crippen LogP contribution in [-0.2, 0) is 12.5 Å². The first-order valence-corrected chi connectivity index (χ1v) is 11.2. The Labute approximate surface area is 194 Å². The van der Waals surface area contributed by atoms with E-state index in [1.165, 1.54) is 6.07 Å². The largest absolute Gasteiger partial charge is 0.432 e. The van der Waals surface area contributed by atoms with Gasteiger partial charge in [0.2, 0.25) is 0 Å². The molecular weight excluding hydrogens is 456 g/mol. The highest BCUT2D eigenvalue weighted by Gasteiger charge is 2.41. The van der Waals surface area contributed by atoms with Crippen molar-refractivity contribution in [3.05, 3.63) is 76.6 Å². The summed E-state index contributed by atoms with van der Waals surface area (Å²) in [6.45, 7) is -0.371. The van der Waals surface area contributed by atoms with Crippen molar-refractivity contribution in [1.82, 2.24) is 0 Å². The van der Waals surface area contributed by atoms with E-state index < -0.39 is 34.9 Å². The molecule has 0 spiro atoms. The highest BCUT2D eigenvalue weighted by atomic mass is 19.3. The topological polar surface area (TPSA) is 33.0 Å². The number of aryl methyl sites for hydroxylation is 1. The van der Waals surface area contributed by atoms with E-state index in [0.29, 0.717) is 37.2 Å². The number of benzene rings is 2. The summed E-state index contributed by atoms with van der Waals surface area (Å²) in [6, 6.07) is 5.70. The molecule has 0 N–H and O–H groups in total. The summed E-state index contributed by atoms with van der Waals surface area (Å²) in [5.74, 6) is -3.86. The Hall–Kier alpha value is -2.95. The Kier molecular flexibility index (Phi) is 8.65. The average molecular weight is 481 g/mol. The Morgan fingerprint density at radius 1 is 1.00 bits per heavy atom. The number of alkyl halides is 3. The van der Waals surface area contributed by atoms with Gasteiger partial charge >= 0.3 is 6.11 Å². The van der Waals surface area contributed by atoms with Crippen LogP contribution < -0.4 is 4.74 Å². The van der Waals surface area contributed by atoms with E-state index >= 15 is 0 Å². The van der Waals surface area contributed by atoms with E-state index in [9.17, 15) is 26.3 Å². The van der Waals surface area contributed by atoms with Gasteiger partial charge in [-0.1, -0.05) is 12.2 Å². The lowest BCUT2D eigenvalue weighted by Crippen LogP contribution is -2.25. The number of nitriles is 1. The molecule has 34 heavy (non-hydrogen) atoms. The van der Waals surface area contributed by atoms with Crippen LogP contribution >= 0.6 is 0 Å². The van der Waals surface area contributed by atoms with Crippen molar-refractivity contribution in [3.63, 3.8) is 0 Å². The molecule has 1 aliphatic rings. The molecule has 1 fully saturated rings. The number of hydrogen-bond donors (Lipinski definition) is 0. The van der Waals surface area contributed by atoms with E-state index in [4.69, 9.17) is 5.26 Å². The molecule has 1 saturated carbocycles. The summed E-state index contributed by atoms with van der Waals surface area (Å²) in [6.07, 6.45) is 4.78. The van der Waals surface area contributed by atoms with Gasteiger partial charge in [0.1, 0.15) is 34.8 Å². The molecule has 0 saturated heterocycles. The zero-order valence-electron chi connectivity index (χ0n) is 18.5. The minimum Gasteiger partial charge on any atom is -0.429 e. The SMILES string of the molecule is N#Cc1ccc(OC(F)(F)c2c(F)cc(CCC3CCC(C=CCCF)CC3)cc2F)cc1F. The maximum Gasteiger partial charge on any atom is 0.432 e. The fourth-order valence-electron chi connectivity index (χ4n) is 4.29. The molecule has 2 aromatic carbocycles. The van der Waals surface area contributed by atoms with E-state index in [-0.39, 0.29) is 17.8 Å². The van der Waals surface area contributed by atoms with Gasteiger partial charge in [0, 0.05) is 6.07 Å². The minimum absolute atomic E-state index is 0.268. The molecule has 182 valence electrons. The van der Waals surface area contributed by atoms with Gasteiger partial charge in [0.25, 0.3) is 0 Å². The lowest BCUT2D eigenvalue weighted by molar-refractivity contribution is -0.189. The summed E-state index contributed by atoms with van der Waals surface area (Å²) in [5.41, 5.74) is -1.66. The summed E-state index contributed by atoms with van der Waals surface area (Å²) in [5, 5.41) is 8.70. The van der Waals surface area contributed by atoms with Gasteiger partial charge in [-0.25, -0.2) is 13.2 Å². The Balaban J connectivity index is 1.62. The van der Waals surface area contributed by atoms with Crippen LogP contribution in [0.25, 0.3) is 0 Å². The van der Waals surface area contributed by atoms with Gasteiger partial charge in [-0.05, 0) is 86.6 Å². The zero-order valence-corrected chi connectivity index (χ0v) is 18.5. The molecule has 0 atom stereocenters. The van der Waals surface area contributed by atoms with Crippen LogP contribution in [0, 0.1) is 40.6 Å². The fraction of sp³-hybridized carbons (Fsp3) is 0.423. The molecule has 3 rings (SSSR count). The molecule has 2 nitrogen and oxygen atoms in total. The van der Waals surface area contributed by atoms with Crippen LogP contribution in [0.5, 0.6) is 5.75 Å². The van der Waals surface area contributed by atoms with Gasteiger partial charge in [0.05, 0.1) is 12.2 Å². The molecule has 0 aromatic heterocycles. The molecule has 1 aliphatic carbocycles. The number of halogens is 6. The number of hydrogen-bond acceptors (Lipinski definition) is 2. The summed E-state index contributed by atoms with van der Waals surface area (Å²) >= 11 is 0. The standard InChI is InChI=1S/C26H25F6NO/c27-12-2-1-3-17-4-6-18(7-5-17)8-9-19-13-23(29)25(24(30)14-19)26(31,32)34-21-11-10-20(16-33)22(28)15-21/h1,3,10-11,13-15,17-18H,2,4-9,12H2. The second-order valence-corrected chi connectivity index (χ2v) is 8.53. The molecule has 2 aromatic rings. The van der Waals surface area contributed by atoms with Crippen molar-refractivity contribution in [2.75, 3.05) is 6.67 Å². The molecule has 0 heterocycles. The minimum atomic E-state index is -4.39. The quantitative estimate of drug-likeness (QED) is 0.271.